The fourth-order valence-corrected chi connectivity index (χ4v) is 4.03. The van der Waals surface area contributed by atoms with Crippen molar-refractivity contribution in [2.24, 2.45) is 10.1 Å². The summed E-state index contributed by atoms with van der Waals surface area (Å²) in [6.45, 7) is 4.16. The summed E-state index contributed by atoms with van der Waals surface area (Å²) in [5.41, 5.74) is 5.27. The van der Waals surface area contributed by atoms with Gasteiger partial charge in [0.2, 0.25) is 4.80 Å². The van der Waals surface area contributed by atoms with Crippen molar-refractivity contribution in [2.45, 2.75) is 13.8 Å². The van der Waals surface area contributed by atoms with Crippen molar-refractivity contribution in [2.75, 3.05) is 0 Å². The van der Waals surface area contributed by atoms with Crippen LogP contribution in [0.3, 0.4) is 0 Å². The Morgan fingerprint density at radius 2 is 2.04 bits per heavy atom. The van der Waals surface area contributed by atoms with Gasteiger partial charge in [-0.2, -0.15) is 16.4 Å². The van der Waals surface area contributed by atoms with Crippen LogP contribution in [-0.2, 0) is 0 Å². The van der Waals surface area contributed by atoms with Gasteiger partial charge in [0.15, 0.2) is 5.76 Å². The maximum atomic E-state index is 5.57. The monoisotopic (exact) mass is 379 g/mol. The summed E-state index contributed by atoms with van der Waals surface area (Å²) in [4.78, 5) is 5.64. The molecule has 3 heterocycles. The number of aromatic nitrogens is 1. The fraction of sp³-hybridized carbons (Fsp3) is 0.100. The van der Waals surface area contributed by atoms with Gasteiger partial charge in [-0.25, -0.2) is 9.67 Å². The zero-order valence-electron chi connectivity index (χ0n) is 14.4. The Morgan fingerprint density at radius 1 is 1.12 bits per heavy atom. The second-order valence-electron chi connectivity index (χ2n) is 5.90. The highest BCUT2D eigenvalue weighted by atomic mass is 32.1. The Hall–Kier alpha value is -2.70. The van der Waals surface area contributed by atoms with E-state index in [0.29, 0.717) is 0 Å². The zero-order valence-corrected chi connectivity index (χ0v) is 16.1. The third-order valence-corrected chi connectivity index (χ3v) is 5.41. The molecule has 0 aliphatic carbocycles. The lowest BCUT2D eigenvalue weighted by Gasteiger charge is -2.02. The number of benzene rings is 1. The summed E-state index contributed by atoms with van der Waals surface area (Å²) in [6, 6.07) is 12.1. The highest BCUT2D eigenvalue weighted by Gasteiger charge is 2.10. The molecule has 4 nitrogen and oxygen atoms in total. The third kappa shape index (κ3) is 3.47. The Labute approximate surface area is 159 Å². The molecule has 130 valence electrons. The molecule has 0 saturated heterocycles. The van der Waals surface area contributed by atoms with E-state index in [1.165, 1.54) is 5.56 Å². The van der Waals surface area contributed by atoms with Gasteiger partial charge in [-0.05, 0) is 54.4 Å². The molecule has 0 radical (unpaired) electrons. The molecular formula is C20H17N3OS2. The molecule has 0 aliphatic rings. The molecule has 26 heavy (non-hydrogen) atoms. The van der Waals surface area contributed by atoms with Gasteiger partial charge in [0.25, 0.3) is 0 Å². The van der Waals surface area contributed by atoms with Crippen molar-refractivity contribution in [3.05, 3.63) is 80.3 Å². The Kier molecular flexibility index (Phi) is 4.69. The van der Waals surface area contributed by atoms with E-state index < -0.39 is 0 Å². The molecule has 0 saturated carbocycles. The van der Waals surface area contributed by atoms with Crippen molar-refractivity contribution in [3.8, 4) is 11.5 Å². The minimum Gasteiger partial charge on any atom is -0.463 e. The lowest BCUT2D eigenvalue weighted by molar-refractivity contribution is 0.575. The standard InChI is InChI=1S/C20H17N3OS2/c1-14-5-6-17(15(2)10-14)22-20-23(21-11-16-7-9-25-12-16)18(13-26-20)19-4-3-8-24-19/h3-13H,1-2H3. The Morgan fingerprint density at radius 3 is 2.77 bits per heavy atom. The summed E-state index contributed by atoms with van der Waals surface area (Å²) in [5.74, 6) is 0.769. The first kappa shape index (κ1) is 16.8. The topological polar surface area (TPSA) is 42.8 Å². The smallest absolute Gasteiger partial charge is 0.211 e. The summed E-state index contributed by atoms with van der Waals surface area (Å²) in [5, 5.41) is 10.8. The molecule has 0 unspecified atom stereocenters. The van der Waals surface area contributed by atoms with Crippen LogP contribution < -0.4 is 4.80 Å². The molecular weight excluding hydrogens is 362 g/mol. The number of hydrogen-bond donors (Lipinski definition) is 0. The molecule has 0 fully saturated rings. The lowest BCUT2D eigenvalue weighted by atomic mass is 10.1. The van der Waals surface area contributed by atoms with E-state index in [-0.39, 0.29) is 0 Å². The van der Waals surface area contributed by atoms with E-state index in [0.717, 1.165) is 33.1 Å². The van der Waals surface area contributed by atoms with Crippen LogP contribution in [-0.4, -0.2) is 10.9 Å². The van der Waals surface area contributed by atoms with Crippen LogP contribution in [0.5, 0.6) is 0 Å². The van der Waals surface area contributed by atoms with Gasteiger partial charge in [-0.3, -0.25) is 0 Å². The first-order chi connectivity index (χ1) is 12.7. The van der Waals surface area contributed by atoms with Crippen LogP contribution in [0.15, 0.2) is 73.3 Å². The van der Waals surface area contributed by atoms with Gasteiger partial charge in [0, 0.05) is 10.9 Å². The SMILES string of the molecule is Cc1ccc(N=c2scc(-c3ccco3)n2N=Cc2ccsc2)c(C)c1. The first-order valence-electron chi connectivity index (χ1n) is 8.14. The van der Waals surface area contributed by atoms with Gasteiger partial charge in [-0.1, -0.05) is 17.7 Å². The van der Waals surface area contributed by atoms with Crippen molar-refractivity contribution >= 4 is 34.6 Å². The lowest BCUT2D eigenvalue weighted by Crippen LogP contribution is -2.11. The molecule has 0 spiro atoms. The summed E-state index contributed by atoms with van der Waals surface area (Å²) in [6.07, 6.45) is 3.51. The number of hydrogen-bond acceptors (Lipinski definition) is 5. The molecule has 0 N–H and O–H groups in total. The van der Waals surface area contributed by atoms with E-state index in [4.69, 9.17) is 9.41 Å². The molecule has 0 amide bonds. The number of rotatable bonds is 4. The summed E-state index contributed by atoms with van der Waals surface area (Å²) in [7, 11) is 0. The number of aryl methyl sites for hydroxylation is 2. The Balaban J connectivity index is 1.85. The second kappa shape index (κ2) is 7.27. The van der Waals surface area contributed by atoms with E-state index in [2.05, 4.69) is 36.5 Å². The van der Waals surface area contributed by atoms with Crippen LogP contribution in [0.4, 0.5) is 5.69 Å². The normalized spacial score (nSPS) is 12.3. The van der Waals surface area contributed by atoms with E-state index in [1.807, 2.05) is 45.9 Å². The molecule has 6 heteroatoms. The van der Waals surface area contributed by atoms with E-state index in [9.17, 15) is 0 Å². The minimum absolute atomic E-state index is 0.769. The van der Waals surface area contributed by atoms with Crippen LogP contribution in [0.2, 0.25) is 0 Å². The average molecular weight is 380 g/mol. The highest BCUT2D eigenvalue weighted by molar-refractivity contribution is 7.08. The number of furan rings is 1. The first-order valence-corrected chi connectivity index (χ1v) is 9.96. The van der Waals surface area contributed by atoms with Crippen molar-refractivity contribution < 1.29 is 4.42 Å². The maximum absolute atomic E-state index is 5.57. The van der Waals surface area contributed by atoms with Gasteiger partial charge in [0.05, 0.1) is 18.2 Å². The van der Waals surface area contributed by atoms with Crippen molar-refractivity contribution in [3.63, 3.8) is 0 Å². The molecule has 3 aromatic heterocycles. The van der Waals surface area contributed by atoms with Crippen LogP contribution in [0.25, 0.3) is 11.5 Å². The molecule has 1 aromatic carbocycles. The van der Waals surface area contributed by atoms with Crippen LogP contribution in [0.1, 0.15) is 16.7 Å². The molecule has 0 bridgehead atoms. The van der Waals surface area contributed by atoms with Crippen LogP contribution >= 0.6 is 22.7 Å². The van der Waals surface area contributed by atoms with Gasteiger partial charge in [-0.15, -0.1) is 11.3 Å². The zero-order chi connectivity index (χ0) is 17.9. The van der Waals surface area contributed by atoms with Gasteiger partial charge >= 0.3 is 0 Å². The number of thiazole rings is 1. The van der Waals surface area contributed by atoms with Gasteiger partial charge in [0.1, 0.15) is 5.69 Å². The predicted molar refractivity (Wildman–Crippen MR) is 108 cm³/mol. The van der Waals surface area contributed by atoms with E-state index >= 15 is 0 Å². The van der Waals surface area contributed by atoms with Gasteiger partial charge < -0.3 is 4.42 Å². The fourth-order valence-electron chi connectivity index (χ4n) is 2.59. The quantitative estimate of drug-likeness (QED) is 0.425. The molecule has 0 aliphatic heterocycles. The average Bonchev–Trinajstić information content (AvgIpc) is 3.37. The number of nitrogens with zero attached hydrogens (tertiary/aromatic N) is 3. The minimum atomic E-state index is 0.769. The largest absolute Gasteiger partial charge is 0.463 e. The van der Waals surface area contributed by atoms with Crippen molar-refractivity contribution in [1.82, 2.24) is 4.68 Å². The molecule has 4 rings (SSSR count). The predicted octanol–water partition coefficient (Wildman–Crippen LogP) is 5.60. The highest BCUT2D eigenvalue weighted by Crippen LogP contribution is 2.23. The van der Waals surface area contributed by atoms with Crippen molar-refractivity contribution in [1.29, 1.82) is 0 Å². The summed E-state index contributed by atoms with van der Waals surface area (Å²) >= 11 is 3.19. The Bertz CT molecular complexity index is 1100. The maximum Gasteiger partial charge on any atom is 0.211 e. The summed E-state index contributed by atoms with van der Waals surface area (Å²) < 4.78 is 7.41. The van der Waals surface area contributed by atoms with E-state index in [1.54, 1.807) is 28.9 Å². The van der Waals surface area contributed by atoms with Crippen LogP contribution in [0, 0.1) is 13.8 Å². The number of thiophene rings is 1. The molecule has 0 atom stereocenters. The third-order valence-electron chi connectivity index (χ3n) is 3.89. The molecule has 4 aromatic rings. The second-order valence-corrected chi connectivity index (χ2v) is 7.51.